The SMILES string of the molecule is CC(C)(C)C1CCc2nc(N)c(C#N)c(-c3ccc(Br)cc3F)c2C1. The third-order valence-corrected chi connectivity index (χ3v) is 5.62. The fourth-order valence-corrected chi connectivity index (χ4v) is 3.95. The van der Waals surface area contributed by atoms with Gasteiger partial charge in [0.1, 0.15) is 23.3 Å². The van der Waals surface area contributed by atoms with Crippen molar-refractivity contribution in [2.45, 2.75) is 40.0 Å². The number of anilines is 1. The number of pyridine rings is 1. The van der Waals surface area contributed by atoms with Gasteiger partial charge in [-0.05, 0) is 48.3 Å². The van der Waals surface area contributed by atoms with E-state index in [0.29, 0.717) is 21.5 Å². The van der Waals surface area contributed by atoms with Gasteiger partial charge in [-0.3, -0.25) is 0 Å². The van der Waals surface area contributed by atoms with Gasteiger partial charge in [-0.2, -0.15) is 5.26 Å². The van der Waals surface area contributed by atoms with Crippen molar-refractivity contribution in [1.82, 2.24) is 4.98 Å². The van der Waals surface area contributed by atoms with Gasteiger partial charge < -0.3 is 5.73 Å². The Morgan fingerprint density at radius 3 is 2.68 bits per heavy atom. The predicted octanol–water partition coefficient (Wildman–Crippen LogP) is 5.26. The molecule has 0 bridgehead atoms. The van der Waals surface area contributed by atoms with E-state index in [1.807, 2.05) is 0 Å². The van der Waals surface area contributed by atoms with Gasteiger partial charge in [-0.25, -0.2) is 9.37 Å². The average molecular weight is 402 g/mol. The molecule has 5 heteroatoms. The first-order chi connectivity index (χ1) is 11.7. The Morgan fingerprint density at radius 2 is 2.08 bits per heavy atom. The molecule has 0 aliphatic heterocycles. The molecular weight excluding hydrogens is 381 g/mol. The van der Waals surface area contributed by atoms with Crippen LogP contribution in [0.3, 0.4) is 0 Å². The number of nitrogens with zero attached hydrogens (tertiary/aromatic N) is 2. The molecule has 1 atom stereocenters. The number of aromatic nitrogens is 1. The van der Waals surface area contributed by atoms with Crippen LogP contribution in [0.5, 0.6) is 0 Å². The Labute approximate surface area is 156 Å². The smallest absolute Gasteiger partial charge is 0.142 e. The lowest BCUT2D eigenvalue weighted by atomic mass is 9.70. The Balaban J connectivity index is 2.27. The lowest BCUT2D eigenvalue weighted by molar-refractivity contribution is 0.215. The van der Waals surface area contributed by atoms with Crippen LogP contribution in [-0.4, -0.2) is 4.98 Å². The van der Waals surface area contributed by atoms with Gasteiger partial charge in [0, 0.05) is 21.3 Å². The van der Waals surface area contributed by atoms with Crippen molar-refractivity contribution in [3.8, 4) is 17.2 Å². The van der Waals surface area contributed by atoms with E-state index in [2.05, 4.69) is 47.8 Å². The zero-order valence-corrected chi connectivity index (χ0v) is 16.2. The van der Waals surface area contributed by atoms with Gasteiger partial charge >= 0.3 is 0 Å². The quantitative estimate of drug-likeness (QED) is 0.708. The summed E-state index contributed by atoms with van der Waals surface area (Å²) in [5.41, 5.74) is 9.34. The van der Waals surface area contributed by atoms with Crippen LogP contribution in [0, 0.1) is 28.5 Å². The summed E-state index contributed by atoms with van der Waals surface area (Å²) in [6.45, 7) is 6.66. The van der Waals surface area contributed by atoms with Crippen LogP contribution < -0.4 is 5.73 Å². The van der Waals surface area contributed by atoms with Crippen LogP contribution in [0.1, 0.15) is 44.0 Å². The first-order valence-corrected chi connectivity index (χ1v) is 9.18. The lowest BCUT2D eigenvalue weighted by Crippen LogP contribution is -2.28. The number of hydrogen-bond acceptors (Lipinski definition) is 3. The largest absolute Gasteiger partial charge is 0.383 e. The fraction of sp³-hybridized carbons (Fsp3) is 0.400. The van der Waals surface area contributed by atoms with E-state index >= 15 is 0 Å². The molecule has 3 rings (SSSR count). The second kappa shape index (κ2) is 6.42. The van der Waals surface area contributed by atoms with Crippen LogP contribution in [0.2, 0.25) is 0 Å². The topological polar surface area (TPSA) is 62.7 Å². The molecule has 1 aromatic carbocycles. The Bertz CT molecular complexity index is 878. The van der Waals surface area contributed by atoms with Crippen LogP contribution in [0.4, 0.5) is 10.2 Å². The van der Waals surface area contributed by atoms with Crippen molar-refractivity contribution in [1.29, 1.82) is 5.26 Å². The molecule has 1 aromatic heterocycles. The standard InChI is InChI=1S/C20H21BrFN3/c1-20(2,3)11-4-7-17-14(8-11)18(15(10-23)19(24)25-17)13-6-5-12(21)9-16(13)22/h5-6,9,11H,4,7-8H2,1-3H3,(H2,24,25). The van der Waals surface area contributed by atoms with Gasteiger partial charge in [0.25, 0.3) is 0 Å². The highest BCUT2D eigenvalue weighted by molar-refractivity contribution is 9.10. The maximum Gasteiger partial charge on any atom is 0.142 e. The van der Waals surface area contributed by atoms with Gasteiger partial charge in [-0.1, -0.05) is 42.8 Å². The van der Waals surface area contributed by atoms with Crippen molar-refractivity contribution >= 4 is 21.7 Å². The highest BCUT2D eigenvalue weighted by atomic mass is 79.9. The van der Waals surface area contributed by atoms with E-state index in [0.717, 1.165) is 30.5 Å². The summed E-state index contributed by atoms with van der Waals surface area (Å²) in [6, 6.07) is 7.05. The number of nitrogens with two attached hydrogens (primary N) is 1. The van der Waals surface area contributed by atoms with E-state index in [-0.39, 0.29) is 22.6 Å². The number of fused-ring (bicyclic) bond motifs is 1. The van der Waals surface area contributed by atoms with Crippen LogP contribution in [0.25, 0.3) is 11.1 Å². The zero-order chi connectivity index (χ0) is 18.4. The van der Waals surface area contributed by atoms with E-state index < -0.39 is 0 Å². The Morgan fingerprint density at radius 1 is 1.36 bits per heavy atom. The van der Waals surface area contributed by atoms with Crippen LogP contribution in [0.15, 0.2) is 22.7 Å². The first-order valence-electron chi connectivity index (χ1n) is 8.39. The highest BCUT2D eigenvalue weighted by Gasteiger charge is 2.33. The fourth-order valence-electron chi connectivity index (χ4n) is 3.62. The molecular formula is C20H21BrFN3. The lowest BCUT2D eigenvalue weighted by Gasteiger charge is -2.35. The second-order valence-electron chi connectivity index (χ2n) is 7.71. The number of nitrogen functional groups attached to an aromatic ring is 1. The minimum atomic E-state index is -0.364. The molecule has 25 heavy (non-hydrogen) atoms. The van der Waals surface area contributed by atoms with Crippen LogP contribution in [-0.2, 0) is 12.8 Å². The number of aryl methyl sites for hydroxylation is 1. The van der Waals surface area contributed by atoms with Gasteiger partial charge in [-0.15, -0.1) is 0 Å². The predicted molar refractivity (Wildman–Crippen MR) is 101 cm³/mol. The first kappa shape index (κ1) is 17.9. The second-order valence-corrected chi connectivity index (χ2v) is 8.63. The molecule has 2 N–H and O–H groups in total. The summed E-state index contributed by atoms with van der Waals surface area (Å²) in [7, 11) is 0. The van der Waals surface area contributed by atoms with E-state index in [9.17, 15) is 9.65 Å². The maximum atomic E-state index is 14.7. The van der Waals surface area contributed by atoms with Gasteiger partial charge in [0.15, 0.2) is 0 Å². The summed E-state index contributed by atoms with van der Waals surface area (Å²) < 4.78 is 15.3. The number of benzene rings is 1. The molecule has 0 saturated heterocycles. The minimum absolute atomic E-state index is 0.140. The molecule has 130 valence electrons. The monoisotopic (exact) mass is 401 g/mol. The van der Waals surface area contributed by atoms with E-state index in [1.165, 1.54) is 6.07 Å². The molecule has 1 heterocycles. The minimum Gasteiger partial charge on any atom is -0.383 e. The van der Waals surface area contributed by atoms with Crippen molar-refractivity contribution in [3.05, 3.63) is 45.3 Å². The van der Waals surface area contributed by atoms with Crippen molar-refractivity contribution in [2.24, 2.45) is 11.3 Å². The van der Waals surface area contributed by atoms with Gasteiger partial charge in [0.05, 0.1) is 0 Å². The normalized spacial score (nSPS) is 17.0. The number of halogens is 2. The van der Waals surface area contributed by atoms with Gasteiger partial charge in [0.2, 0.25) is 0 Å². The average Bonchev–Trinajstić information content (AvgIpc) is 2.52. The highest BCUT2D eigenvalue weighted by Crippen LogP contribution is 2.43. The van der Waals surface area contributed by atoms with E-state index in [4.69, 9.17) is 5.73 Å². The Hall–Kier alpha value is -1.93. The van der Waals surface area contributed by atoms with Crippen molar-refractivity contribution < 1.29 is 4.39 Å². The molecule has 1 aliphatic rings. The number of hydrogen-bond donors (Lipinski definition) is 1. The summed E-state index contributed by atoms with van der Waals surface area (Å²) in [5.74, 6) is 0.276. The molecule has 0 fully saturated rings. The molecule has 2 aromatic rings. The van der Waals surface area contributed by atoms with E-state index in [1.54, 1.807) is 12.1 Å². The zero-order valence-electron chi connectivity index (χ0n) is 14.7. The summed E-state index contributed by atoms with van der Waals surface area (Å²) in [6.07, 6.45) is 2.61. The number of rotatable bonds is 1. The molecule has 0 radical (unpaired) electrons. The summed E-state index contributed by atoms with van der Waals surface area (Å²) >= 11 is 3.29. The number of nitriles is 1. The molecule has 3 nitrogen and oxygen atoms in total. The van der Waals surface area contributed by atoms with Crippen LogP contribution >= 0.6 is 15.9 Å². The third kappa shape index (κ3) is 3.28. The van der Waals surface area contributed by atoms with Crippen molar-refractivity contribution in [3.63, 3.8) is 0 Å². The maximum absolute atomic E-state index is 14.7. The molecule has 1 aliphatic carbocycles. The molecule has 1 unspecified atom stereocenters. The molecule has 0 amide bonds. The summed E-state index contributed by atoms with van der Waals surface area (Å²) in [5, 5.41) is 9.63. The molecule has 0 spiro atoms. The van der Waals surface area contributed by atoms with Crippen molar-refractivity contribution in [2.75, 3.05) is 5.73 Å². The summed E-state index contributed by atoms with van der Waals surface area (Å²) in [4.78, 5) is 4.46. The Kier molecular flexibility index (Phi) is 4.59. The third-order valence-electron chi connectivity index (χ3n) is 5.13. The molecule has 0 saturated carbocycles.